The summed E-state index contributed by atoms with van der Waals surface area (Å²) in [4.78, 5) is 2.33. The van der Waals surface area contributed by atoms with Crippen molar-refractivity contribution in [1.82, 2.24) is 14.8 Å². The lowest BCUT2D eigenvalue weighted by atomic mass is 9.89. The highest BCUT2D eigenvalue weighted by Gasteiger charge is 2.19. The predicted molar refractivity (Wildman–Crippen MR) is 253 cm³/mol. The van der Waals surface area contributed by atoms with E-state index in [0.29, 0.717) is 0 Å². The highest BCUT2D eigenvalue weighted by atomic mass is 15.3. The Bertz CT molecular complexity index is 3030. The Hall–Kier alpha value is -8.08. The van der Waals surface area contributed by atoms with Gasteiger partial charge < -0.3 is 4.90 Å². The van der Waals surface area contributed by atoms with Crippen LogP contribution in [0.5, 0.6) is 0 Å². The van der Waals surface area contributed by atoms with Crippen molar-refractivity contribution in [3.63, 3.8) is 0 Å². The van der Waals surface area contributed by atoms with Gasteiger partial charge in [-0.05, 0) is 100.0 Å². The van der Waals surface area contributed by atoms with Gasteiger partial charge in [-0.1, -0.05) is 194 Å². The fraction of sp³-hybridized carbons (Fsp3) is 0.0175. The number of hydrogen-bond acceptors (Lipinski definition) is 3. The van der Waals surface area contributed by atoms with Gasteiger partial charge in [0.05, 0.1) is 0 Å². The van der Waals surface area contributed by atoms with Gasteiger partial charge in [-0.2, -0.15) is 0 Å². The van der Waals surface area contributed by atoms with Crippen molar-refractivity contribution in [1.29, 1.82) is 0 Å². The zero-order valence-corrected chi connectivity index (χ0v) is 33.8. The Morgan fingerprint density at radius 1 is 0.295 bits per heavy atom. The highest BCUT2D eigenvalue weighted by molar-refractivity contribution is 5.92. The second kappa shape index (κ2) is 16.6. The maximum absolute atomic E-state index is 4.73. The van der Waals surface area contributed by atoms with E-state index in [1.807, 2.05) is 36.4 Å². The molecular weight excluding hydrogens is 741 g/mol. The number of aryl methyl sites for hydroxylation is 1. The Morgan fingerprint density at radius 3 is 1.11 bits per heavy atom. The average molecular weight is 783 g/mol. The van der Waals surface area contributed by atoms with Gasteiger partial charge in [0, 0.05) is 33.9 Å². The Kier molecular flexibility index (Phi) is 10.2. The first-order chi connectivity index (χ1) is 30.2. The van der Waals surface area contributed by atoms with E-state index in [1.54, 1.807) is 0 Å². The van der Waals surface area contributed by atoms with E-state index in [2.05, 4.69) is 222 Å². The predicted octanol–water partition coefficient (Wildman–Crippen LogP) is 15.0. The van der Waals surface area contributed by atoms with Gasteiger partial charge in [-0.25, -0.2) is 0 Å². The van der Waals surface area contributed by atoms with Gasteiger partial charge in [0.25, 0.3) is 0 Å². The molecule has 1 aromatic heterocycles. The lowest BCUT2D eigenvalue weighted by molar-refractivity contribution is 1.07. The number of benzene rings is 9. The lowest BCUT2D eigenvalue weighted by Gasteiger charge is -2.26. The van der Waals surface area contributed by atoms with Gasteiger partial charge in [0.15, 0.2) is 11.6 Å². The molecule has 4 nitrogen and oxygen atoms in total. The molecule has 0 N–H and O–H groups in total. The lowest BCUT2D eigenvalue weighted by Crippen LogP contribution is -2.09. The normalized spacial score (nSPS) is 11.0. The molecule has 0 aliphatic carbocycles. The summed E-state index contributed by atoms with van der Waals surface area (Å²) in [5, 5.41) is 9.42. The Morgan fingerprint density at radius 2 is 0.623 bits per heavy atom. The van der Waals surface area contributed by atoms with Crippen molar-refractivity contribution >= 4 is 17.1 Å². The molecule has 0 unspecified atom stereocenters. The van der Waals surface area contributed by atoms with Gasteiger partial charge >= 0.3 is 0 Å². The summed E-state index contributed by atoms with van der Waals surface area (Å²) in [5.74, 6) is 1.60. The van der Waals surface area contributed by atoms with Crippen LogP contribution < -0.4 is 4.90 Å². The summed E-state index contributed by atoms with van der Waals surface area (Å²) in [7, 11) is 0. The van der Waals surface area contributed by atoms with Crippen molar-refractivity contribution in [3.05, 3.63) is 242 Å². The maximum atomic E-state index is 4.73. The molecule has 0 atom stereocenters. The average Bonchev–Trinajstić information content (AvgIpc) is 3.79. The van der Waals surface area contributed by atoms with E-state index in [-0.39, 0.29) is 0 Å². The molecule has 61 heavy (non-hydrogen) atoms. The first kappa shape index (κ1) is 37.2. The zero-order valence-electron chi connectivity index (χ0n) is 33.8. The van der Waals surface area contributed by atoms with Crippen LogP contribution in [0.4, 0.5) is 17.1 Å². The first-order valence-corrected chi connectivity index (χ1v) is 20.7. The van der Waals surface area contributed by atoms with Crippen molar-refractivity contribution < 1.29 is 0 Å². The molecule has 0 aliphatic rings. The van der Waals surface area contributed by atoms with E-state index in [9.17, 15) is 0 Å². The van der Waals surface area contributed by atoms with E-state index in [1.165, 1.54) is 33.4 Å². The minimum absolute atomic E-state index is 0.795. The summed E-state index contributed by atoms with van der Waals surface area (Å²) in [6.07, 6.45) is 0. The number of rotatable bonds is 10. The summed E-state index contributed by atoms with van der Waals surface area (Å²) in [6, 6.07) is 83.8. The van der Waals surface area contributed by atoms with Crippen LogP contribution in [0.3, 0.4) is 0 Å². The number of nitrogens with zero attached hydrogens (tertiary/aromatic N) is 4. The molecule has 0 fully saturated rings. The smallest absolute Gasteiger partial charge is 0.168 e. The Balaban J connectivity index is 0.981. The first-order valence-electron chi connectivity index (χ1n) is 20.7. The third kappa shape index (κ3) is 7.55. The zero-order chi connectivity index (χ0) is 41.0. The van der Waals surface area contributed by atoms with Crippen LogP contribution in [-0.2, 0) is 0 Å². The molecule has 9 aromatic carbocycles. The molecule has 0 spiro atoms. The molecule has 0 bridgehead atoms. The van der Waals surface area contributed by atoms with Crippen molar-refractivity contribution in [2.24, 2.45) is 0 Å². The van der Waals surface area contributed by atoms with E-state index >= 15 is 0 Å². The van der Waals surface area contributed by atoms with Crippen LogP contribution >= 0.6 is 0 Å². The van der Waals surface area contributed by atoms with Crippen molar-refractivity contribution in [2.45, 2.75) is 6.92 Å². The molecular formula is C57H42N4. The van der Waals surface area contributed by atoms with Crippen molar-refractivity contribution in [3.8, 4) is 73.0 Å². The molecule has 10 rings (SSSR count). The van der Waals surface area contributed by atoms with Crippen LogP contribution in [0, 0.1) is 6.92 Å². The molecule has 0 saturated carbocycles. The monoisotopic (exact) mass is 782 g/mol. The SMILES string of the molecule is Cc1ccc(N(c2ccc(-c3ccccc3)cc2)c2ccc(-c3ccccc3-c3ccccc3-c3ccc(-c4nnc(-c5ccccc5)n4-c4ccccc4)cc3)cc2)cc1. The summed E-state index contributed by atoms with van der Waals surface area (Å²) < 4.78 is 2.14. The molecule has 10 aromatic rings. The molecule has 0 amide bonds. The van der Waals surface area contributed by atoms with Crippen LogP contribution in [0.25, 0.3) is 73.0 Å². The second-order valence-electron chi connectivity index (χ2n) is 15.2. The summed E-state index contributed by atoms with van der Waals surface area (Å²) in [6.45, 7) is 2.13. The van der Waals surface area contributed by atoms with Crippen LogP contribution in [0.15, 0.2) is 237 Å². The second-order valence-corrected chi connectivity index (χ2v) is 15.2. The van der Waals surface area contributed by atoms with Crippen LogP contribution in [-0.4, -0.2) is 14.8 Å². The van der Waals surface area contributed by atoms with E-state index < -0.39 is 0 Å². The molecule has 0 aliphatic heterocycles. The molecule has 4 heteroatoms. The topological polar surface area (TPSA) is 34.0 Å². The minimum atomic E-state index is 0.795. The van der Waals surface area contributed by atoms with Crippen LogP contribution in [0.1, 0.15) is 5.56 Å². The maximum Gasteiger partial charge on any atom is 0.168 e. The number of para-hydroxylation sites is 1. The molecule has 290 valence electrons. The van der Waals surface area contributed by atoms with Gasteiger partial charge in [0.2, 0.25) is 0 Å². The van der Waals surface area contributed by atoms with Gasteiger partial charge in [-0.3, -0.25) is 4.57 Å². The fourth-order valence-electron chi connectivity index (χ4n) is 8.17. The third-order valence-electron chi connectivity index (χ3n) is 11.3. The number of anilines is 3. The summed E-state index contributed by atoms with van der Waals surface area (Å²) in [5.41, 5.74) is 17.0. The largest absolute Gasteiger partial charge is 0.311 e. The molecule has 0 radical (unpaired) electrons. The van der Waals surface area contributed by atoms with E-state index in [0.717, 1.165) is 62.2 Å². The fourth-order valence-corrected chi connectivity index (χ4v) is 8.17. The molecule has 1 heterocycles. The number of hydrogen-bond donors (Lipinski definition) is 0. The summed E-state index contributed by atoms with van der Waals surface area (Å²) >= 11 is 0. The van der Waals surface area contributed by atoms with Crippen LogP contribution in [0.2, 0.25) is 0 Å². The van der Waals surface area contributed by atoms with Gasteiger partial charge in [0.1, 0.15) is 0 Å². The van der Waals surface area contributed by atoms with E-state index in [4.69, 9.17) is 5.10 Å². The Labute approximate surface area is 357 Å². The molecule has 0 saturated heterocycles. The quantitative estimate of drug-likeness (QED) is 0.139. The van der Waals surface area contributed by atoms with Crippen molar-refractivity contribution in [2.75, 3.05) is 4.90 Å². The standard InChI is InChI=1S/C57H42N4/c1-41-25-35-49(36-26-41)60(50-37-31-43(32-38-50)42-15-5-2-6-16-42)51-39-33-45(34-40-51)53-22-12-14-24-55(53)54-23-13-11-21-52(54)44-27-29-47(30-28-44)57-59-58-56(46-17-7-3-8-18-46)61(57)48-19-9-4-10-20-48/h2-40H,1H3. The minimum Gasteiger partial charge on any atom is -0.311 e. The van der Waals surface area contributed by atoms with Gasteiger partial charge in [-0.15, -0.1) is 10.2 Å². The highest BCUT2D eigenvalue weighted by Crippen LogP contribution is 2.41. The number of aromatic nitrogens is 3. The third-order valence-corrected chi connectivity index (χ3v) is 11.3.